The van der Waals surface area contributed by atoms with Crippen molar-refractivity contribution >= 4 is 17.6 Å². The van der Waals surface area contributed by atoms with Crippen molar-refractivity contribution in [2.24, 2.45) is 0 Å². The molecular weight excluding hydrogens is 316 g/mol. The Hall–Kier alpha value is -3.13. The topological polar surface area (TPSA) is 79.2 Å². The van der Waals surface area contributed by atoms with E-state index >= 15 is 0 Å². The van der Waals surface area contributed by atoms with Crippen molar-refractivity contribution in [3.05, 3.63) is 65.7 Å². The largest absolute Gasteiger partial charge is 0.452 e. The van der Waals surface area contributed by atoms with Crippen molar-refractivity contribution in [3.63, 3.8) is 0 Å². The van der Waals surface area contributed by atoms with E-state index in [0.717, 1.165) is 5.56 Å². The summed E-state index contributed by atoms with van der Waals surface area (Å²) in [5, 5.41) is 11.4. The van der Waals surface area contributed by atoms with Crippen LogP contribution < -0.4 is 5.32 Å². The molecule has 5 heteroatoms. The number of esters is 1. The van der Waals surface area contributed by atoms with Crippen LogP contribution in [-0.2, 0) is 14.3 Å². The smallest absolute Gasteiger partial charge is 0.314 e. The van der Waals surface area contributed by atoms with E-state index in [-0.39, 0.29) is 0 Å². The molecule has 2 aromatic rings. The molecule has 0 radical (unpaired) electrons. The third-order valence-electron chi connectivity index (χ3n) is 3.84. The van der Waals surface area contributed by atoms with Crippen LogP contribution >= 0.6 is 0 Å². The van der Waals surface area contributed by atoms with Gasteiger partial charge >= 0.3 is 5.97 Å². The van der Waals surface area contributed by atoms with Gasteiger partial charge in [0.25, 0.3) is 5.91 Å². The maximum Gasteiger partial charge on any atom is 0.314 e. The molecular formula is C20H20N2O3. The van der Waals surface area contributed by atoms with Gasteiger partial charge in [0.05, 0.1) is 17.6 Å². The fraction of sp³-hybridized carbons (Fsp3) is 0.250. The number of benzene rings is 2. The minimum Gasteiger partial charge on any atom is -0.452 e. The number of carbonyl (C=O) groups excluding carboxylic acids is 2. The van der Waals surface area contributed by atoms with E-state index in [1.165, 1.54) is 6.92 Å². The van der Waals surface area contributed by atoms with Crippen molar-refractivity contribution in [1.29, 1.82) is 5.26 Å². The Bertz CT molecular complexity index is 764. The van der Waals surface area contributed by atoms with E-state index < -0.39 is 23.9 Å². The highest BCUT2D eigenvalue weighted by Gasteiger charge is 2.25. The number of anilines is 1. The number of nitrogens with one attached hydrogen (secondary N) is 1. The third kappa shape index (κ3) is 4.92. The molecule has 0 saturated heterocycles. The van der Waals surface area contributed by atoms with Gasteiger partial charge in [-0.05, 0) is 43.2 Å². The van der Waals surface area contributed by atoms with Crippen molar-refractivity contribution in [1.82, 2.24) is 0 Å². The number of rotatable bonds is 6. The van der Waals surface area contributed by atoms with Gasteiger partial charge in [0, 0.05) is 5.69 Å². The summed E-state index contributed by atoms with van der Waals surface area (Å²) in [7, 11) is 0. The first-order chi connectivity index (χ1) is 12.0. The monoisotopic (exact) mass is 336 g/mol. The lowest BCUT2D eigenvalue weighted by Gasteiger charge is -2.18. The SMILES string of the molecule is CC[C@@H](C(=O)O[C@@H](C)C(=O)Nc1ccc(C#N)cc1)c1ccccc1. The van der Waals surface area contributed by atoms with E-state index in [1.807, 2.05) is 43.3 Å². The molecule has 25 heavy (non-hydrogen) atoms. The molecule has 0 aromatic heterocycles. The molecule has 5 nitrogen and oxygen atoms in total. The molecule has 2 aromatic carbocycles. The molecule has 0 fully saturated rings. The van der Waals surface area contributed by atoms with E-state index in [9.17, 15) is 9.59 Å². The molecule has 0 unspecified atom stereocenters. The number of hydrogen-bond acceptors (Lipinski definition) is 4. The Balaban J connectivity index is 1.97. The second kappa shape index (κ2) is 8.65. The molecule has 0 aliphatic carbocycles. The average Bonchev–Trinajstić information content (AvgIpc) is 2.63. The van der Waals surface area contributed by atoms with Crippen molar-refractivity contribution < 1.29 is 14.3 Å². The van der Waals surface area contributed by atoms with Crippen LogP contribution in [0.4, 0.5) is 5.69 Å². The van der Waals surface area contributed by atoms with Gasteiger partial charge in [-0.2, -0.15) is 5.26 Å². The zero-order valence-electron chi connectivity index (χ0n) is 14.2. The van der Waals surface area contributed by atoms with Gasteiger partial charge in [-0.15, -0.1) is 0 Å². The second-order valence-corrected chi connectivity index (χ2v) is 5.63. The first kappa shape index (κ1) is 18.2. The van der Waals surface area contributed by atoms with Crippen molar-refractivity contribution in [2.45, 2.75) is 32.3 Å². The van der Waals surface area contributed by atoms with E-state index in [1.54, 1.807) is 24.3 Å². The van der Waals surface area contributed by atoms with E-state index in [4.69, 9.17) is 10.00 Å². The predicted octanol–water partition coefficient (Wildman–Crippen LogP) is 3.62. The fourth-order valence-corrected chi connectivity index (χ4v) is 2.41. The van der Waals surface area contributed by atoms with Crippen molar-refractivity contribution in [2.75, 3.05) is 5.32 Å². The Labute approximate surface area is 147 Å². The summed E-state index contributed by atoms with van der Waals surface area (Å²) in [6.07, 6.45) is -0.326. The lowest BCUT2D eigenvalue weighted by Crippen LogP contribution is -2.31. The first-order valence-electron chi connectivity index (χ1n) is 8.11. The summed E-state index contributed by atoms with van der Waals surface area (Å²) in [6.45, 7) is 3.44. The van der Waals surface area contributed by atoms with E-state index in [0.29, 0.717) is 17.7 Å². The quantitative estimate of drug-likeness (QED) is 0.817. The highest BCUT2D eigenvalue weighted by atomic mass is 16.5. The van der Waals surface area contributed by atoms with Gasteiger partial charge < -0.3 is 10.1 Å². The van der Waals surface area contributed by atoms with E-state index in [2.05, 4.69) is 5.32 Å². The Morgan fingerprint density at radius 2 is 1.76 bits per heavy atom. The number of amides is 1. The molecule has 128 valence electrons. The molecule has 1 N–H and O–H groups in total. The van der Waals surface area contributed by atoms with Gasteiger partial charge in [-0.3, -0.25) is 9.59 Å². The van der Waals surface area contributed by atoms with Crippen LogP contribution in [0.2, 0.25) is 0 Å². The zero-order valence-corrected chi connectivity index (χ0v) is 14.2. The summed E-state index contributed by atoms with van der Waals surface area (Å²) >= 11 is 0. The molecule has 0 bridgehead atoms. The van der Waals surface area contributed by atoms with Crippen LogP contribution in [0, 0.1) is 11.3 Å². The maximum absolute atomic E-state index is 12.4. The molecule has 0 spiro atoms. The summed E-state index contributed by atoms with van der Waals surface area (Å²) < 4.78 is 5.33. The minimum atomic E-state index is -0.916. The normalized spacial score (nSPS) is 12.5. The predicted molar refractivity (Wildman–Crippen MR) is 94.8 cm³/mol. The number of nitrogens with zero attached hydrogens (tertiary/aromatic N) is 1. The summed E-state index contributed by atoms with van der Waals surface area (Å²) in [5.74, 6) is -1.23. The average molecular weight is 336 g/mol. The van der Waals surface area contributed by atoms with Gasteiger partial charge in [0.15, 0.2) is 6.10 Å². The third-order valence-corrected chi connectivity index (χ3v) is 3.84. The van der Waals surface area contributed by atoms with Gasteiger partial charge in [-0.25, -0.2) is 0 Å². The van der Waals surface area contributed by atoms with Gasteiger partial charge in [0.1, 0.15) is 0 Å². The molecule has 2 rings (SSSR count). The Morgan fingerprint density at radius 3 is 2.32 bits per heavy atom. The van der Waals surface area contributed by atoms with Gasteiger partial charge in [0.2, 0.25) is 0 Å². The first-order valence-corrected chi connectivity index (χ1v) is 8.11. The number of ether oxygens (including phenoxy) is 1. The molecule has 0 aliphatic rings. The molecule has 1 amide bonds. The molecule has 0 saturated carbocycles. The van der Waals surface area contributed by atoms with Crippen LogP contribution in [0.5, 0.6) is 0 Å². The highest BCUT2D eigenvalue weighted by Crippen LogP contribution is 2.21. The molecule has 0 heterocycles. The highest BCUT2D eigenvalue weighted by molar-refractivity contribution is 5.95. The van der Waals surface area contributed by atoms with Crippen LogP contribution in [0.15, 0.2) is 54.6 Å². The van der Waals surface area contributed by atoms with Crippen LogP contribution in [0.1, 0.15) is 37.3 Å². The molecule has 0 aliphatic heterocycles. The van der Waals surface area contributed by atoms with Crippen LogP contribution in [0.25, 0.3) is 0 Å². The summed E-state index contributed by atoms with van der Waals surface area (Å²) in [4.78, 5) is 24.6. The standard InChI is InChI=1S/C20H20N2O3/c1-3-18(16-7-5-4-6-8-16)20(24)25-14(2)19(23)22-17-11-9-15(13-21)10-12-17/h4-12,14,18H,3H2,1-2H3,(H,22,23)/t14-,18+/m0/s1. The summed E-state index contributed by atoms with van der Waals surface area (Å²) in [5.41, 5.74) is 1.92. The number of nitriles is 1. The van der Waals surface area contributed by atoms with Crippen LogP contribution in [0.3, 0.4) is 0 Å². The van der Waals surface area contributed by atoms with Gasteiger partial charge in [-0.1, -0.05) is 37.3 Å². The minimum absolute atomic E-state index is 0.397. The number of hydrogen-bond donors (Lipinski definition) is 1. The Kier molecular flexibility index (Phi) is 6.30. The lowest BCUT2D eigenvalue weighted by molar-refractivity contribution is -0.154. The zero-order chi connectivity index (χ0) is 18.2. The maximum atomic E-state index is 12.4. The fourth-order valence-electron chi connectivity index (χ4n) is 2.41. The second-order valence-electron chi connectivity index (χ2n) is 5.63. The van der Waals surface area contributed by atoms with Crippen LogP contribution in [-0.4, -0.2) is 18.0 Å². The molecule has 2 atom stereocenters. The summed E-state index contributed by atoms with van der Waals surface area (Å²) in [6, 6.07) is 17.8. The lowest BCUT2D eigenvalue weighted by atomic mass is 9.97. The number of carbonyl (C=O) groups is 2. The van der Waals surface area contributed by atoms with Crippen molar-refractivity contribution in [3.8, 4) is 6.07 Å². The Morgan fingerprint density at radius 1 is 1.12 bits per heavy atom.